The van der Waals surface area contributed by atoms with Gasteiger partial charge >= 0.3 is 0 Å². The number of rotatable bonds is 6. The van der Waals surface area contributed by atoms with Gasteiger partial charge in [-0.05, 0) is 44.9 Å². The SMILES string of the molecule is Cc1cc(-c2cc(Nc3cnn(C)c3)ncn2)ccc1CN(C(=O)c1cncs1)C(C)(C)C. The van der Waals surface area contributed by atoms with Crippen LogP contribution < -0.4 is 5.32 Å². The summed E-state index contributed by atoms with van der Waals surface area (Å²) in [6, 6.07) is 8.12. The van der Waals surface area contributed by atoms with Crippen molar-refractivity contribution >= 4 is 28.7 Å². The molecular weight excluding hydrogens is 434 g/mol. The van der Waals surface area contributed by atoms with E-state index in [2.05, 4.69) is 44.4 Å². The van der Waals surface area contributed by atoms with E-state index in [4.69, 9.17) is 0 Å². The molecule has 0 unspecified atom stereocenters. The van der Waals surface area contributed by atoms with E-state index >= 15 is 0 Å². The van der Waals surface area contributed by atoms with E-state index in [0.717, 1.165) is 28.1 Å². The summed E-state index contributed by atoms with van der Waals surface area (Å²) in [7, 11) is 1.87. The van der Waals surface area contributed by atoms with Gasteiger partial charge in [-0.25, -0.2) is 9.97 Å². The van der Waals surface area contributed by atoms with Crippen molar-refractivity contribution in [2.75, 3.05) is 5.32 Å². The van der Waals surface area contributed by atoms with Gasteiger partial charge < -0.3 is 10.2 Å². The van der Waals surface area contributed by atoms with E-state index in [-0.39, 0.29) is 11.4 Å². The van der Waals surface area contributed by atoms with Crippen LogP contribution in [0.5, 0.6) is 0 Å². The van der Waals surface area contributed by atoms with Crippen molar-refractivity contribution in [2.24, 2.45) is 7.05 Å². The van der Waals surface area contributed by atoms with Gasteiger partial charge in [0.05, 0.1) is 29.3 Å². The Hall–Kier alpha value is -3.59. The minimum absolute atomic E-state index is 0.00426. The van der Waals surface area contributed by atoms with Gasteiger partial charge in [-0.3, -0.25) is 14.5 Å². The average Bonchev–Trinajstić information content (AvgIpc) is 3.44. The lowest BCUT2D eigenvalue weighted by Gasteiger charge is -2.36. The number of aryl methyl sites for hydroxylation is 2. The number of nitrogens with zero attached hydrogens (tertiary/aromatic N) is 6. The Labute approximate surface area is 197 Å². The molecule has 170 valence electrons. The van der Waals surface area contributed by atoms with Crippen LogP contribution in [-0.2, 0) is 13.6 Å². The molecule has 0 fully saturated rings. The highest BCUT2D eigenvalue weighted by Crippen LogP contribution is 2.27. The Morgan fingerprint density at radius 1 is 1.18 bits per heavy atom. The van der Waals surface area contributed by atoms with Crippen molar-refractivity contribution in [1.29, 1.82) is 0 Å². The lowest BCUT2D eigenvalue weighted by molar-refractivity contribution is 0.0563. The highest BCUT2D eigenvalue weighted by atomic mass is 32.1. The van der Waals surface area contributed by atoms with Gasteiger partial charge in [0.2, 0.25) is 0 Å². The molecule has 0 saturated carbocycles. The minimum Gasteiger partial charge on any atom is -0.338 e. The van der Waals surface area contributed by atoms with Crippen LogP contribution in [0.3, 0.4) is 0 Å². The van der Waals surface area contributed by atoms with Gasteiger partial charge in [-0.1, -0.05) is 12.1 Å². The van der Waals surface area contributed by atoms with Crippen LogP contribution in [0.2, 0.25) is 0 Å². The summed E-state index contributed by atoms with van der Waals surface area (Å²) in [4.78, 5) is 28.5. The molecule has 9 heteroatoms. The van der Waals surface area contributed by atoms with E-state index < -0.39 is 0 Å². The summed E-state index contributed by atoms with van der Waals surface area (Å²) >= 11 is 1.37. The molecule has 4 aromatic rings. The van der Waals surface area contributed by atoms with E-state index in [1.807, 2.05) is 51.0 Å². The monoisotopic (exact) mass is 461 g/mol. The number of benzene rings is 1. The zero-order chi connectivity index (χ0) is 23.6. The fourth-order valence-electron chi connectivity index (χ4n) is 3.49. The predicted molar refractivity (Wildman–Crippen MR) is 130 cm³/mol. The Bertz CT molecular complexity index is 1260. The van der Waals surface area contributed by atoms with E-state index in [1.165, 1.54) is 11.3 Å². The van der Waals surface area contributed by atoms with Gasteiger partial charge in [0.25, 0.3) is 5.91 Å². The summed E-state index contributed by atoms with van der Waals surface area (Å²) in [6.07, 6.45) is 6.81. The van der Waals surface area contributed by atoms with Gasteiger partial charge in [0.15, 0.2) is 0 Å². The summed E-state index contributed by atoms with van der Waals surface area (Å²) in [5.74, 6) is 0.694. The molecule has 0 aliphatic carbocycles. The summed E-state index contributed by atoms with van der Waals surface area (Å²) in [5.41, 5.74) is 6.22. The van der Waals surface area contributed by atoms with Crippen molar-refractivity contribution in [1.82, 2.24) is 29.6 Å². The van der Waals surface area contributed by atoms with Gasteiger partial charge in [-0.15, -0.1) is 11.3 Å². The van der Waals surface area contributed by atoms with Crippen molar-refractivity contribution in [3.63, 3.8) is 0 Å². The molecule has 0 radical (unpaired) electrons. The maximum atomic E-state index is 13.1. The van der Waals surface area contributed by atoms with Gasteiger partial charge in [0.1, 0.15) is 17.0 Å². The second-order valence-electron chi connectivity index (χ2n) is 8.89. The molecule has 0 bridgehead atoms. The normalized spacial score (nSPS) is 11.4. The highest BCUT2D eigenvalue weighted by Gasteiger charge is 2.28. The molecule has 0 saturated heterocycles. The van der Waals surface area contributed by atoms with Crippen LogP contribution in [0.25, 0.3) is 11.3 Å². The molecule has 8 nitrogen and oxygen atoms in total. The second-order valence-corrected chi connectivity index (χ2v) is 9.77. The Morgan fingerprint density at radius 2 is 2.00 bits per heavy atom. The topological polar surface area (TPSA) is 88.8 Å². The molecule has 1 amide bonds. The summed E-state index contributed by atoms with van der Waals surface area (Å²) in [5, 5.41) is 7.41. The molecule has 33 heavy (non-hydrogen) atoms. The quantitative estimate of drug-likeness (QED) is 0.443. The average molecular weight is 462 g/mol. The van der Waals surface area contributed by atoms with E-state index in [0.29, 0.717) is 17.2 Å². The maximum absolute atomic E-state index is 13.1. The van der Waals surface area contributed by atoms with Crippen LogP contribution >= 0.6 is 11.3 Å². The van der Waals surface area contributed by atoms with Crippen molar-refractivity contribution < 1.29 is 4.79 Å². The number of thiazole rings is 1. The fraction of sp³-hybridized carbons (Fsp3) is 0.292. The molecule has 0 aliphatic heterocycles. The number of hydrogen-bond acceptors (Lipinski definition) is 7. The number of aromatic nitrogens is 5. The number of amides is 1. The molecule has 3 heterocycles. The van der Waals surface area contributed by atoms with Crippen LogP contribution in [-0.4, -0.2) is 41.1 Å². The number of anilines is 2. The molecule has 0 spiro atoms. The minimum atomic E-state index is -0.328. The maximum Gasteiger partial charge on any atom is 0.266 e. The third kappa shape index (κ3) is 5.25. The number of carbonyl (C=O) groups excluding carboxylic acids is 1. The van der Waals surface area contributed by atoms with Crippen LogP contribution in [0.1, 0.15) is 41.6 Å². The Kier molecular flexibility index (Phi) is 6.24. The lowest BCUT2D eigenvalue weighted by Crippen LogP contribution is -2.44. The van der Waals surface area contributed by atoms with Crippen molar-refractivity contribution in [3.8, 4) is 11.3 Å². The zero-order valence-electron chi connectivity index (χ0n) is 19.4. The lowest BCUT2D eigenvalue weighted by atomic mass is 9.99. The molecule has 4 rings (SSSR count). The summed E-state index contributed by atoms with van der Waals surface area (Å²) < 4.78 is 1.73. The summed E-state index contributed by atoms with van der Waals surface area (Å²) in [6.45, 7) is 8.73. The first-order valence-electron chi connectivity index (χ1n) is 10.6. The predicted octanol–water partition coefficient (Wildman–Crippen LogP) is 4.83. The molecule has 3 aromatic heterocycles. The number of carbonyl (C=O) groups is 1. The van der Waals surface area contributed by atoms with Crippen LogP contribution in [0.15, 0.2) is 54.7 Å². The second kappa shape index (κ2) is 9.11. The molecule has 1 N–H and O–H groups in total. The highest BCUT2D eigenvalue weighted by molar-refractivity contribution is 7.11. The Balaban J connectivity index is 1.56. The molecule has 0 aliphatic rings. The zero-order valence-corrected chi connectivity index (χ0v) is 20.2. The largest absolute Gasteiger partial charge is 0.338 e. The van der Waals surface area contributed by atoms with E-state index in [9.17, 15) is 4.79 Å². The first kappa shape index (κ1) is 22.6. The number of nitrogens with one attached hydrogen (secondary N) is 1. The third-order valence-corrected chi connectivity index (χ3v) is 6.07. The van der Waals surface area contributed by atoms with Crippen molar-refractivity contribution in [2.45, 2.75) is 39.8 Å². The molecular formula is C24H27N7OS. The van der Waals surface area contributed by atoms with Crippen molar-refractivity contribution in [3.05, 3.63) is 70.7 Å². The smallest absolute Gasteiger partial charge is 0.266 e. The fourth-order valence-corrected chi connectivity index (χ4v) is 4.06. The standard InChI is InChI=1S/C24H27N7OS/c1-16-8-17(20-9-22(27-14-26-20)29-19-10-28-30(5)13-19)6-7-18(16)12-31(24(2,3)4)23(32)21-11-25-15-33-21/h6-11,13-15H,12H2,1-5H3,(H,26,27,29). The van der Waals surface area contributed by atoms with Crippen LogP contribution in [0.4, 0.5) is 11.5 Å². The first-order chi connectivity index (χ1) is 15.7. The first-order valence-corrected chi connectivity index (χ1v) is 11.5. The Morgan fingerprint density at radius 3 is 2.64 bits per heavy atom. The third-order valence-electron chi connectivity index (χ3n) is 5.31. The number of hydrogen-bond donors (Lipinski definition) is 1. The molecule has 0 atom stereocenters. The van der Waals surface area contributed by atoms with Gasteiger partial charge in [-0.2, -0.15) is 5.10 Å². The van der Waals surface area contributed by atoms with E-state index in [1.54, 1.807) is 28.9 Å². The molecule has 1 aromatic carbocycles. The van der Waals surface area contributed by atoms with Gasteiger partial charge in [0, 0.05) is 37.0 Å². The van der Waals surface area contributed by atoms with Crippen LogP contribution in [0, 0.1) is 6.92 Å².